The number of phenols is 1. The van der Waals surface area contributed by atoms with Crippen LogP contribution in [0.5, 0.6) is 11.5 Å². The van der Waals surface area contributed by atoms with Crippen LogP contribution in [0.3, 0.4) is 0 Å². The number of alkyl halides is 3. The summed E-state index contributed by atoms with van der Waals surface area (Å²) in [5, 5.41) is 9.13. The van der Waals surface area contributed by atoms with E-state index >= 15 is 0 Å². The van der Waals surface area contributed by atoms with E-state index < -0.39 is 6.36 Å². The van der Waals surface area contributed by atoms with Crippen molar-refractivity contribution in [2.24, 2.45) is 0 Å². The Hall–Kier alpha value is -2.76. The summed E-state index contributed by atoms with van der Waals surface area (Å²) >= 11 is 0. The largest absolute Gasteiger partial charge is 0.573 e. The third-order valence-electron chi connectivity index (χ3n) is 2.69. The second-order valence-electron chi connectivity index (χ2n) is 4.36. The molecule has 0 heterocycles. The van der Waals surface area contributed by atoms with Gasteiger partial charge in [-0.15, -0.1) is 13.2 Å². The van der Waals surface area contributed by atoms with Gasteiger partial charge in [0, 0.05) is 5.56 Å². The summed E-state index contributed by atoms with van der Waals surface area (Å²) in [7, 11) is 0. The highest BCUT2D eigenvalue weighted by Gasteiger charge is 2.30. The lowest BCUT2D eigenvalue weighted by Crippen LogP contribution is -2.16. The lowest BCUT2D eigenvalue weighted by molar-refractivity contribution is -0.274. The third-order valence-corrected chi connectivity index (χ3v) is 2.69. The molecule has 2 aromatic rings. The number of rotatable bonds is 4. The Kier molecular flexibility index (Phi) is 4.50. The molecule has 0 aromatic heterocycles. The summed E-state index contributed by atoms with van der Waals surface area (Å²) in [6.07, 6.45) is -1.95. The lowest BCUT2D eigenvalue weighted by atomic mass is 10.1. The van der Waals surface area contributed by atoms with E-state index in [0.717, 1.165) is 12.1 Å². The Morgan fingerprint density at radius 2 is 1.59 bits per heavy atom. The summed E-state index contributed by atoms with van der Waals surface area (Å²) in [5.74, 6) is -0.550. The molecule has 0 saturated carbocycles. The minimum Gasteiger partial charge on any atom is -0.508 e. The maximum atomic E-state index is 12.0. The Bertz CT molecular complexity index is 671. The number of ketones is 1. The second kappa shape index (κ2) is 6.34. The Labute approximate surface area is 124 Å². The van der Waals surface area contributed by atoms with Crippen molar-refractivity contribution in [1.82, 2.24) is 0 Å². The average Bonchev–Trinajstić information content (AvgIpc) is 2.45. The number of benzene rings is 2. The Balaban J connectivity index is 2.04. The molecule has 0 radical (unpaired) electrons. The van der Waals surface area contributed by atoms with E-state index in [1.165, 1.54) is 48.6 Å². The van der Waals surface area contributed by atoms with Gasteiger partial charge in [-0.2, -0.15) is 0 Å². The number of ether oxygens (including phenoxy) is 1. The molecule has 2 rings (SSSR count). The van der Waals surface area contributed by atoms with Gasteiger partial charge in [0.1, 0.15) is 11.5 Å². The van der Waals surface area contributed by atoms with Crippen LogP contribution in [-0.2, 0) is 0 Å². The van der Waals surface area contributed by atoms with Crippen molar-refractivity contribution in [3.05, 3.63) is 65.7 Å². The van der Waals surface area contributed by atoms with E-state index in [0.29, 0.717) is 11.1 Å². The fraction of sp³-hybridized carbons (Fsp3) is 0.0625. The number of carbonyl (C=O) groups is 1. The van der Waals surface area contributed by atoms with Crippen LogP contribution in [-0.4, -0.2) is 17.3 Å². The smallest absolute Gasteiger partial charge is 0.508 e. The number of phenolic OH excluding ortho intramolecular Hbond substituents is 1. The van der Waals surface area contributed by atoms with Crippen LogP contribution in [0.1, 0.15) is 15.9 Å². The molecule has 0 unspecified atom stereocenters. The molecule has 0 aliphatic rings. The highest BCUT2D eigenvalue weighted by molar-refractivity contribution is 6.06. The fourth-order valence-electron chi connectivity index (χ4n) is 1.67. The minimum atomic E-state index is -4.73. The van der Waals surface area contributed by atoms with Crippen molar-refractivity contribution in [3.63, 3.8) is 0 Å². The van der Waals surface area contributed by atoms with Crippen molar-refractivity contribution >= 4 is 11.9 Å². The van der Waals surface area contributed by atoms with Crippen LogP contribution < -0.4 is 4.74 Å². The first kappa shape index (κ1) is 15.6. The highest BCUT2D eigenvalue weighted by atomic mass is 19.4. The van der Waals surface area contributed by atoms with Gasteiger partial charge in [-0.05, 0) is 48.0 Å². The molecule has 6 heteroatoms. The zero-order chi connectivity index (χ0) is 16.2. The van der Waals surface area contributed by atoms with Crippen molar-refractivity contribution in [1.29, 1.82) is 0 Å². The number of carbonyl (C=O) groups excluding carboxylic acids is 1. The zero-order valence-electron chi connectivity index (χ0n) is 11.2. The lowest BCUT2D eigenvalue weighted by Gasteiger charge is -2.08. The Morgan fingerprint density at radius 1 is 1.00 bits per heavy atom. The van der Waals surface area contributed by atoms with Crippen LogP contribution >= 0.6 is 0 Å². The van der Waals surface area contributed by atoms with Gasteiger partial charge in [-0.3, -0.25) is 4.79 Å². The van der Waals surface area contributed by atoms with Crippen LogP contribution in [0.25, 0.3) is 6.08 Å². The van der Waals surface area contributed by atoms with Gasteiger partial charge >= 0.3 is 6.36 Å². The van der Waals surface area contributed by atoms with Gasteiger partial charge in [0.2, 0.25) is 0 Å². The first-order valence-corrected chi connectivity index (χ1v) is 6.21. The minimum absolute atomic E-state index is 0.0563. The molecule has 2 aromatic carbocycles. The molecular formula is C16H11F3O3. The first-order valence-electron chi connectivity index (χ1n) is 6.21. The molecule has 0 fully saturated rings. The van der Waals surface area contributed by atoms with E-state index in [1.54, 1.807) is 0 Å². The summed E-state index contributed by atoms with van der Waals surface area (Å²) < 4.78 is 39.8. The maximum absolute atomic E-state index is 12.0. The van der Waals surface area contributed by atoms with E-state index in [-0.39, 0.29) is 17.3 Å². The van der Waals surface area contributed by atoms with Gasteiger partial charge in [-0.25, -0.2) is 0 Å². The predicted molar refractivity (Wildman–Crippen MR) is 74.6 cm³/mol. The van der Waals surface area contributed by atoms with Crippen LogP contribution in [0.15, 0.2) is 54.6 Å². The standard InChI is InChI=1S/C16H11F3O3/c17-16(18,19)22-14-8-1-11(2-9-14)3-10-15(21)12-4-6-13(20)7-5-12/h1-10,20H/b10-3+. The average molecular weight is 308 g/mol. The predicted octanol–water partition coefficient (Wildman–Crippen LogP) is 4.19. The van der Waals surface area contributed by atoms with E-state index in [2.05, 4.69) is 4.74 Å². The molecule has 0 spiro atoms. The molecule has 114 valence electrons. The number of hydrogen-bond donors (Lipinski definition) is 1. The maximum Gasteiger partial charge on any atom is 0.573 e. The molecule has 0 bridgehead atoms. The summed E-state index contributed by atoms with van der Waals surface area (Å²) in [6.45, 7) is 0. The van der Waals surface area contributed by atoms with Crippen molar-refractivity contribution < 1.29 is 27.8 Å². The van der Waals surface area contributed by atoms with Crippen molar-refractivity contribution in [2.75, 3.05) is 0 Å². The summed E-state index contributed by atoms with van der Waals surface area (Å²) in [4.78, 5) is 11.8. The molecule has 0 aliphatic heterocycles. The SMILES string of the molecule is O=C(/C=C/c1ccc(OC(F)(F)F)cc1)c1ccc(O)cc1. The number of halogens is 3. The van der Waals surface area contributed by atoms with Gasteiger partial charge in [0.05, 0.1) is 0 Å². The van der Waals surface area contributed by atoms with Crippen molar-refractivity contribution in [3.8, 4) is 11.5 Å². The summed E-state index contributed by atoms with van der Waals surface area (Å²) in [5.41, 5.74) is 0.952. The third kappa shape index (κ3) is 4.66. The fourth-order valence-corrected chi connectivity index (χ4v) is 1.67. The molecular weight excluding hydrogens is 297 g/mol. The van der Waals surface area contributed by atoms with Gasteiger partial charge in [0.25, 0.3) is 0 Å². The molecule has 0 saturated heterocycles. The number of hydrogen-bond acceptors (Lipinski definition) is 3. The van der Waals surface area contributed by atoms with Crippen LogP contribution in [0.4, 0.5) is 13.2 Å². The van der Waals surface area contributed by atoms with Crippen LogP contribution in [0.2, 0.25) is 0 Å². The molecule has 0 atom stereocenters. The molecule has 0 aliphatic carbocycles. The van der Waals surface area contributed by atoms with E-state index in [9.17, 15) is 18.0 Å². The first-order chi connectivity index (χ1) is 10.3. The van der Waals surface area contributed by atoms with Crippen LogP contribution in [0, 0.1) is 0 Å². The number of aromatic hydroxyl groups is 1. The number of allylic oxidation sites excluding steroid dienone is 1. The van der Waals surface area contributed by atoms with E-state index in [1.807, 2.05) is 0 Å². The monoisotopic (exact) mass is 308 g/mol. The molecule has 22 heavy (non-hydrogen) atoms. The van der Waals surface area contributed by atoms with Gasteiger partial charge in [-0.1, -0.05) is 18.2 Å². The zero-order valence-corrected chi connectivity index (χ0v) is 11.2. The summed E-state index contributed by atoms with van der Waals surface area (Å²) in [6, 6.07) is 10.9. The Morgan fingerprint density at radius 3 is 2.14 bits per heavy atom. The molecule has 1 N–H and O–H groups in total. The normalized spacial score (nSPS) is 11.6. The highest BCUT2D eigenvalue weighted by Crippen LogP contribution is 2.23. The topological polar surface area (TPSA) is 46.5 Å². The van der Waals surface area contributed by atoms with E-state index in [4.69, 9.17) is 5.11 Å². The second-order valence-corrected chi connectivity index (χ2v) is 4.36. The van der Waals surface area contributed by atoms with Crippen molar-refractivity contribution in [2.45, 2.75) is 6.36 Å². The molecule has 3 nitrogen and oxygen atoms in total. The molecule has 0 amide bonds. The van der Waals surface area contributed by atoms with Gasteiger partial charge < -0.3 is 9.84 Å². The quantitative estimate of drug-likeness (QED) is 0.680. The van der Waals surface area contributed by atoms with Gasteiger partial charge in [0.15, 0.2) is 5.78 Å².